The molecule has 0 aliphatic heterocycles. The number of aliphatic hydroxyl groups excluding tert-OH is 2. The highest BCUT2D eigenvalue weighted by Crippen LogP contribution is 2.60. The van der Waals surface area contributed by atoms with Gasteiger partial charge in [-0.15, -0.1) is 0 Å². The molecular formula is C32H45NO3S. The average molecular weight is 524 g/mol. The molecule has 4 aliphatic rings. The van der Waals surface area contributed by atoms with Gasteiger partial charge in [0.25, 0.3) is 0 Å². The first-order valence-corrected chi connectivity index (χ1v) is 16.0. The number of benzene rings is 1. The Balaban J connectivity index is 1.34. The van der Waals surface area contributed by atoms with E-state index in [1.54, 1.807) is 0 Å². The summed E-state index contributed by atoms with van der Waals surface area (Å²) in [6.07, 6.45) is 13.2. The molecule has 37 heavy (non-hydrogen) atoms. The molecule has 4 nitrogen and oxygen atoms in total. The molecule has 8 atom stereocenters. The van der Waals surface area contributed by atoms with Crippen molar-refractivity contribution in [1.29, 1.82) is 4.78 Å². The van der Waals surface area contributed by atoms with Crippen molar-refractivity contribution in [2.45, 2.75) is 100 Å². The maximum absolute atomic E-state index is 13.9. The largest absolute Gasteiger partial charge is 0.393 e. The van der Waals surface area contributed by atoms with Gasteiger partial charge in [-0.05, 0) is 110 Å². The smallest absolute Gasteiger partial charge is 0.0811 e. The third kappa shape index (κ3) is 5.29. The summed E-state index contributed by atoms with van der Waals surface area (Å²) in [6.45, 7) is 8.93. The van der Waals surface area contributed by atoms with Crippen molar-refractivity contribution in [1.82, 2.24) is 0 Å². The monoisotopic (exact) mass is 523 g/mol. The topological polar surface area (TPSA) is 81.4 Å². The second-order valence-corrected chi connectivity index (χ2v) is 14.9. The quantitative estimate of drug-likeness (QED) is 0.359. The van der Waals surface area contributed by atoms with Gasteiger partial charge in [-0.1, -0.05) is 56.4 Å². The van der Waals surface area contributed by atoms with Crippen LogP contribution in [0.3, 0.4) is 0 Å². The van der Waals surface area contributed by atoms with E-state index in [2.05, 4.69) is 32.6 Å². The molecular weight excluding hydrogens is 478 g/mol. The molecule has 0 saturated heterocycles. The van der Waals surface area contributed by atoms with Crippen molar-refractivity contribution in [2.75, 3.05) is 0 Å². The summed E-state index contributed by atoms with van der Waals surface area (Å²) in [5, 5.41) is 20.3. The molecule has 1 aromatic carbocycles. The lowest BCUT2D eigenvalue weighted by Crippen LogP contribution is -2.37. The molecule has 0 radical (unpaired) electrons. The minimum absolute atomic E-state index is 0.0499. The van der Waals surface area contributed by atoms with Gasteiger partial charge in [-0.25, -0.2) is 8.99 Å². The summed E-state index contributed by atoms with van der Waals surface area (Å²) in [4.78, 5) is 0.699. The molecule has 0 aromatic heterocycles. The van der Waals surface area contributed by atoms with Crippen molar-refractivity contribution < 1.29 is 14.4 Å². The number of nitrogens with one attached hydrogen (secondary N) is 1. The molecule has 0 heterocycles. The van der Waals surface area contributed by atoms with Gasteiger partial charge < -0.3 is 10.2 Å². The maximum atomic E-state index is 13.9. The van der Waals surface area contributed by atoms with Crippen LogP contribution in [-0.4, -0.2) is 31.9 Å². The molecule has 4 fully saturated rings. The first kappa shape index (κ1) is 26.9. The average Bonchev–Trinajstić information content (AvgIpc) is 3.64. The second-order valence-electron chi connectivity index (χ2n) is 12.7. The van der Waals surface area contributed by atoms with E-state index in [-0.39, 0.29) is 10.7 Å². The van der Waals surface area contributed by atoms with Crippen LogP contribution in [0.25, 0.3) is 0 Å². The number of hydrogen-bond acceptors (Lipinski definition) is 4. The fourth-order valence-corrected chi connectivity index (χ4v) is 10.4. The van der Waals surface area contributed by atoms with Gasteiger partial charge in [0, 0.05) is 11.3 Å². The van der Waals surface area contributed by atoms with Gasteiger partial charge in [-0.3, -0.25) is 0 Å². The lowest BCUT2D eigenvalue weighted by molar-refractivity contribution is 0.0861. The minimum atomic E-state index is -2.83. The zero-order valence-corrected chi connectivity index (χ0v) is 23.4. The lowest BCUT2D eigenvalue weighted by Gasteiger charge is -2.45. The molecule has 4 aliphatic carbocycles. The lowest BCUT2D eigenvalue weighted by atomic mass is 9.60. The summed E-state index contributed by atoms with van der Waals surface area (Å²) < 4.78 is 22.8. The molecule has 2 unspecified atom stereocenters. The highest BCUT2D eigenvalue weighted by molar-refractivity contribution is 7.93. The van der Waals surface area contributed by atoms with Crippen molar-refractivity contribution in [3.05, 3.63) is 65.8 Å². The molecule has 0 amide bonds. The Labute approximate surface area is 223 Å². The third-order valence-electron chi connectivity index (χ3n) is 10.3. The van der Waals surface area contributed by atoms with E-state index >= 15 is 0 Å². The maximum Gasteiger partial charge on any atom is 0.0811 e. The zero-order chi connectivity index (χ0) is 26.4. The van der Waals surface area contributed by atoms with E-state index in [1.165, 1.54) is 31.3 Å². The van der Waals surface area contributed by atoms with Crippen LogP contribution in [0.2, 0.25) is 0 Å². The summed E-state index contributed by atoms with van der Waals surface area (Å²) >= 11 is 0. The van der Waals surface area contributed by atoms with E-state index in [0.717, 1.165) is 36.8 Å². The predicted octanol–water partition coefficient (Wildman–Crippen LogP) is 7.04. The van der Waals surface area contributed by atoms with Crippen LogP contribution in [0, 0.1) is 33.9 Å². The Morgan fingerprint density at radius 3 is 2.59 bits per heavy atom. The van der Waals surface area contributed by atoms with Crippen molar-refractivity contribution in [3.63, 3.8) is 0 Å². The van der Waals surface area contributed by atoms with Gasteiger partial charge in [0.1, 0.15) is 0 Å². The summed E-state index contributed by atoms with van der Waals surface area (Å²) in [5.74, 6) is 2.00. The van der Waals surface area contributed by atoms with Crippen LogP contribution < -0.4 is 0 Å². The van der Waals surface area contributed by atoms with Gasteiger partial charge in [0.05, 0.1) is 27.2 Å². The first-order valence-electron chi connectivity index (χ1n) is 14.4. The molecule has 5 rings (SSSR count). The van der Waals surface area contributed by atoms with Gasteiger partial charge in [-0.2, -0.15) is 0 Å². The number of fused-ring (bicyclic) bond motifs is 1. The Hall–Kier alpha value is -1.69. The van der Waals surface area contributed by atoms with E-state index in [4.69, 9.17) is 4.78 Å². The molecule has 5 heteroatoms. The first-order chi connectivity index (χ1) is 17.6. The van der Waals surface area contributed by atoms with Gasteiger partial charge in [0.15, 0.2) is 0 Å². The standard InChI is InChI=1S/C32H45NO3S/c1-21(18-31(24-12-13-24)37(33,36)27-9-5-4-6-10-27)28-15-16-29-23(8-7-17-32(28,29)3)11-14-25-19-26(34)20-30(35)22(25)2/h4-6,9-11,14,21,24,26,28-31,33-35H,2,7-8,12-13,15-20H2,1,3H3/b23-11+,25-14-/t21-,26-,28-,29+,30+,31?,32-,37?/m1/s1. The number of rotatable bonds is 7. The predicted molar refractivity (Wildman–Crippen MR) is 151 cm³/mol. The molecule has 0 spiro atoms. The highest BCUT2D eigenvalue weighted by Gasteiger charge is 2.52. The van der Waals surface area contributed by atoms with Crippen LogP contribution in [0.15, 0.2) is 70.7 Å². The van der Waals surface area contributed by atoms with Crippen molar-refractivity contribution in [3.8, 4) is 0 Å². The van der Waals surface area contributed by atoms with Gasteiger partial charge in [0.2, 0.25) is 0 Å². The van der Waals surface area contributed by atoms with Crippen LogP contribution in [-0.2, 0) is 9.73 Å². The van der Waals surface area contributed by atoms with E-state index < -0.39 is 21.9 Å². The van der Waals surface area contributed by atoms with Gasteiger partial charge >= 0.3 is 0 Å². The van der Waals surface area contributed by atoms with Crippen molar-refractivity contribution in [2.24, 2.45) is 29.1 Å². The SMILES string of the molecule is C=C1/C(=C\C=C2/CCC[C@]3(C)[C@@H]([C@H](C)CC(C4CC4)S(=N)(=O)c4ccccc4)CC[C@@H]23)C[C@@H](O)C[C@@H]1O. The Morgan fingerprint density at radius 2 is 1.89 bits per heavy atom. The summed E-state index contributed by atoms with van der Waals surface area (Å²) in [7, 11) is -2.83. The summed E-state index contributed by atoms with van der Waals surface area (Å²) in [5.41, 5.74) is 3.47. The molecule has 202 valence electrons. The van der Waals surface area contributed by atoms with Crippen LogP contribution >= 0.6 is 0 Å². The summed E-state index contributed by atoms with van der Waals surface area (Å²) in [6, 6.07) is 9.53. The highest BCUT2D eigenvalue weighted by atomic mass is 32.2. The number of allylic oxidation sites excluding steroid dienone is 3. The van der Waals surface area contributed by atoms with E-state index in [9.17, 15) is 14.4 Å². The number of hydrogen-bond donors (Lipinski definition) is 3. The molecule has 1 aromatic rings. The minimum Gasteiger partial charge on any atom is -0.393 e. The fraction of sp³-hybridized carbons (Fsp3) is 0.625. The Bertz CT molecular complexity index is 1170. The normalized spacial score (nSPS) is 37.8. The molecule has 0 bridgehead atoms. The zero-order valence-electron chi connectivity index (χ0n) is 22.6. The fourth-order valence-electron chi connectivity index (χ4n) is 8.07. The van der Waals surface area contributed by atoms with E-state index in [0.29, 0.717) is 41.4 Å². The third-order valence-corrected chi connectivity index (χ3v) is 12.7. The van der Waals surface area contributed by atoms with E-state index in [1.807, 2.05) is 30.3 Å². The van der Waals surface area contributed by atoms with Crippen LogP contribution in [0.5, 0.6) is 0 Å². The molecule has 3 N–H and O–H groups in total. The van der Waals surface area contributed by atoms with Crippen LogP contribution in [0.4, 0.5) is 0 Å². The van der Waals surface area contributed by atoms with Crippen LogP contribution in [0.1, 0.15) is 78.1 Å². The Morgan fingerprint density at radius 1 is 1.16 bits per heavy atom. The van der Waals surface area contributed by atoms with Crippen molar-refractivity contribution >= 4 is 9.73 Å². The second kappa shape index (κ2) is 10.5. The molecule has 4 saturated carbocycles. The number of aliphatic hydroxyl groups is 2. The Kier molecular flexibility index (Phi) is 7.61.